The van der Waals surface area contributed by atoms with Crippen LogP contribution in [0.3, 0.4) is 0 Å². The van der Waals surface area contributed by atoms with Gasteiger partial charge in [-0.2, -0.15) is 0 Å². The molecule has 1 aliphatic heterocycles. The van der Waals surface area contributed by atoms with Gasteiger partial charge in [0.2, 0.25) is 15.9 Å². The molecule has 1 amide bonds. The maximum absolute atomic E-state index is 10.9. The molecule has 64 valence electrons. The Labute approximate surface area is 65.4 Å². The highest BCUT2D eigenvalue weighted by atomic mass is 32.2. The summed E-state index contributed by atoms with van der Waals surface area (Å²) in [6.45, 7) is 0.160. The van der Waals surface area contributed by atoms with E-state index < -0.39 is 10.0 Å². The molecule has 0 aliphatic carbocycles. The SMILES string of the molecule is CN1CCS(=O)(=O)NCC1=O. The number of likely N-dealkylation sites (N-methyl/N-ethyl adjacent to an activating group) is 1. The van der Waals surface area contributed by atoms with Crippen LogP contribution >= 0.6 is 0 Å². The molecule has 1 aliphatic rings. The van der Waals surface area contributed by atoms with Gasteiger partial charge in [0.25, 0.3) is 0 Å². The Balaban J connectivity index is 2.74. The fourth-order valence-corrected chi connectivity index (χ4v) is 1.76. The van der Waals surface area contributed by atoms with Gasteiger partial charge in [0.1, 0.15) is 0 Å². The summed E-state index contributed by atoms with van der Waals surface area (Å²) in [7, 11) is -1.61. The Morgan fingerprint density at radius 1 is 1.55 bits per heavy atom. The number of carbonyl (C=O) groups is 1. The van der Waals surface area contributed by atoms with Gasteiger partial charge in [0.15, 0.2) is 0 Å². The molecule has 5 nitrogen and oxygen atoms in total. The summed E-state index contributed by atoms with van der Waals surface area (Å²) in [6, 6.07) is 0. The van der Waals surface area contributed by atoms with Crippen LogP contribution in [0.5, 0.6) is 0 Å². The largest absolute Gasteiger partial charge is 0.344 e. The molecule has 6 heteroatoms. The van der Waals surface area contributed by atoms with Gasteiger partial charge in [-0.25, -0.2) is 13.1 Å². The van der Waals surface area contributed by atoms with Gasteiger partial charge in [-0.15, -0.1) is 0 Å². The van der Waals surface area contributed by atoms with E-state index in [2.05, 4.69) is 4.72 Å². The van der Waals surface area contributed by atoms with Crippen molar-refractivity contribution in [2.75, 3.05) is 25.9 Å². The lowest BCUT2D eigenvalue weighted by Gasteiger charge is -2.10. The molecule has 1 saturated heterocycles. The lowest BCUT2D eigenvalue weighted by molar-refractivity contribution is -0.128. The minimum Gasteiger partial charge on any atom is -0.344 e. The highest BCUT2D eigenvalue weighted by Gasteiger charge is 2.20. The van der Waals surface area contributed by atoms with Crippen LogP contribution in [0.25, 0.3) is 0 Å². The zero-order valence-corrected chi connectivity index (χ0v) is 7.02. The fourth-order valence-electron chi connectivity index (χ4n) is 0.761. The Morgan fingerprint density at radius 3 is 2.82 bits per heavy atom. The molecule has 1 N–H and O–H groups in total. The minimum atomic E-state index is -3.20. The second-order valence-electron chi connectivity index (χ2n) is 2.46. The molecule has 0 aromatic rings. The van der Waals surface area contributed by atoms with Gasteiger partial charge in [-0.05, 0) is 0 Å². The van der Waals surface area contributed by atoms with Crippen molar-refractivity contribution in [1.29, 1.82) is 0 Å². The summed E-state index contributed by atoms with van der Waals surface area (Å²) in [6.07, 6.45) is 0. The summed E-state index contributed by atoms with van der Waals surface area (Å²) < 4.78 is 23.9. The van der Waals surface area contributed by atoms with Crippen molar-refractivity contribution in [1.82, 2.24) is 9.62 Å². The number of rotatable bonds is 0. The quantitative estimate of drug-likeness (QED) is 0.484. The predicted octanol–water partition coefficient (Wildman–Crippen LogP) is -1.62. The maximum atomic E-state index is 10.9. The van der Waals surface area contributed by atoms with Crippen molar-refractivity contribution >= 4 is 15.9 Å². The summed E-state index contributed by atoms with van der Waals surface area (Å²) >= 11 is 0. The zero-order chi connectivity index (χ0) is 8.48. The first-order valence-corrected chi connectivity index (χ1v) is 4.88. The van der Waals surface area contributed by atoms with Crippen LogP contribution in [0.15, 0.2) is 0 Å². The molecule has 0 bridgehead atoms. The first-order chi connectivity index (χ1) is 5.01. The monoisotopic (exact) mass is 178 g/mol. The van der Waals surface area contributed by atoms with Crippen LogP contribution in [-0.2, 0) is 14.8 Å². The van der Waals surface area contributed by atoms with Crippen LogP contribution in [0.1, 0.15) is 0 Å². The third-order valence-corrected chi connectivity index (χ3v) is 2.87. The number of nitrogens with zero attached hydrogens (tertiary/aromatic N) is 1. The number of carbonyl (C=O) groups excluding carboxylic acids is 1. The number of hydrogen-bond donors (Lipinski definition) is 1. The molecule has 1 fully saturated rings. The van der Waals surface area contributed by atoms with E-state index in [1.54, 1.807) is 7.05 Å². The normalized spacial score (nSPS) is 24.8. The second kappa shape index (κ2) is 2.78. The lowest BCUT2D eigenvalue weighted by Crippen LogP contribution is -2.32. The maximum Gasteiger partial charge on any atom is 0.237 e. The highest BCUT2D eigenvalue weighted by Crippen LogP contribution is 1.94. The van der Waals surface area contributed by atoms with E-state index in [9.17, 15) is 13.2 Å². The minimum absolute atomic E-state index is 0.00472. The zero-order valence-electron chi connectivity index (χ0n) is 6.20. The number of hydrogen-bond acceptors (Lipinski definition) is 3. The predicted molar refractivity (Wildman–Crippen MR) is 39.4 cm³/mol. The smallest absolute Gasteiger partial charge is 0.237 e. The summed E-state index contributed by atoms with van der Waals surface area (Å²) in [5, 5.41) is 0. The molecular weight excluding hydrogens is 168 g/mol. The van der Waals surface area contributed by atoms with Crippen molar-refractivity contribution in [2.24, 2.45) is 0 Å². The molecular formula is C5H10N2O3S. The van der Waals surface area contributed by atoms with Gasteiger partial charge in [-0.1, -0.05) is 0 Å². The molecule has 0 spiro atoms. The molecule has 0 saturated carbocycles. The lowest BCUT2D eigenvalue weighted by atomic mass is 10.5. The van der Waals surface area contributed by atoms with E-state index in [1.807, 2.05) is 0 Å². The topological polar surface area (TPSA) is 66.5 Å². The molecule has 1 rings (SSSR count). The summed E-state index contributed by atoms with van der Waals surface area (Å²) in [5.74, 6) is -0.194. The Bertz CT molecular complexity index is 259. The third kappa shape index (κ3) is 2.16. The van der Waals surface area contributed by atoms with Gasteiger partial charge in [0.05, 0.1) is 12.3 Å². The van der Waals surface area contributed by atoms with Gasteiger partial charge in [0, 0.05) is 13.6 Å². The summed E-state index contributed by atoms with van der Waals surface area (Å²) in [4.78, 5) is 12.3. The molecule has 11 heavy (non-hydrogen) atoms. The van der Waals surface area contributed by atoms with Crippen LogP contribution < -0.4 is 4.72 Å². The van der Waals surface area contributed by atoms with Crippen molar-refractivity contribution < 1.29 is 13.2 Å². The molecule has 0 aromatic heterocycles. The fraction of sp³-hybridized carbons (Fsp3) is 0.800. The Kier molecular flexibility index (Phi) is 2.15. The summed E-state index contributed by atoms with van der Waals surface area (Å²) in [5.41, 5.74) is 0. The average molecular weight is 178 g/mol. The van der Waals surface area contributed by atoms with Crippen molar-refractivity contribution in [3.8, 4) is 0 Å². The van der Waals surface area contributed by atoms with Crippen LogP contribution in [0.4, 0.5) is 0 Å². The number of nitrogens with one attached hydrogen (secondary N) is 1. The van der Waals surface area contributed by atoms with Gasteiger partial charge < -0.3 is 4.90 Å². The highest BCUT2D eigenvalue weighted by molar-refractivity contribution is 7.89. The molecule has 1 heterocycles. The Hall–Kier alpha value is -0.620. The van der Waals surface area contributed by atoms with E-state index >= 15 is 0 Å². The van der Waals surface area contributed by atoms with Gasteiger partial charge >= 0.3 is 0 Å². The van der Waals surface area contributed by atoms with E-state index in [0.29, 0.717) is 0 Å². The van der Waals surface area contributed by atoms with E-state index in [1.165, 1.54) is 4.90 Å². The van der Waals surface area contributed by atoms with E-state index in [-0.39, 0.29) is 24.7 Å². The van der Waals surface area contributed by atoms with Crippen molar-refractivity contribution in [2.45, 2.75) is 0 Å². The first kappa shape index (κ1) is 8.48. The van der Waals surface area contributed by atoms with E-state index in [0.717, 1.165) is 0 Å². The second-order valence-corrected chi connectivity index (χ2v) is 4.38. The number of amides is 1. The number of sulfonamides is 1. The first-order valence-electron chi connectivity index (χ1n) is 3.22. The molecule has 0 radical (unpaired) electrons. The van der Waals surface area contributed by atoms with Crippen molar-refractivity contribution in [3.05, 3.63) is 0 Å². The molecule has 0 atom stereocenters. The van der Waals surface area contributed by atoms with Crippen LogP contribution in [-0.4, -0.2) is 45.1 Å². The third-order valence-electron chi connectivity index (χ3n) is 1.56. The standard InChI is InChI=1S/C5H10N2O3S/c1-7-2-3-11(9,10)6-4-5(7)8/h6H,2-4H2,1H3. The Morgan fingerprint density at radius 2 is 2.18 bits per heavy atom. The molecule has 0 unspecified atom stereocenters. The van der Waals surface area contributed by atoms with Crippen molar-refractivity contribution in [3.63, 3.8) is 0 Å². The van der Waals surface area contributed by atoms with Crippen LogP contribution in [0, 0.1) is 0 Å². The average Bonchev–Trinajstić information content (AvgIpc) is 2.03. The van der Waals surface area contributed by atoms with Gasteiger partial charge in [-0.3, -0.25) is 4.79 Å². The van der Waals surface area contributed by atoms with E-state index in [4.69, 9.17) is 0 Å². The molecule has 0 aromatic carbocycles. The van der Waals surface area contributed by atoms with Crippen LogP contribution in [0.2, 0.25) is 0 Å².